The first-order valence-electron chi connectivity index (χ1n) is 4.63. The number of rotatable bonds is 3. The van der Waals surface area contributed by atoms with E-state index in [1.807, 2.05) is 0 Å². The summed E-state index contributed by atoms with van der Waals surface area (Å²) in [6.07, 6.45) is -1.79. The number of hydrogen-bond acceptors (Lipinski definition) is 5. The van der Waals surface area contributed by atoms with Gasteiger partial charge in [0.05, 0.1) is 17.7 Å². The van der Waals surface area contributed by atoms with Crippen LogP contribution < -0.4 is 14.2 Å². The van der Waals surface area contributed by atoms with Crippen molar-refractivity contribution in [3.05, 3.63) is 16.7 Å². The van der Waals surface area contributed by atoms with Gasteiger partial charge in [0.1, 0.15) is 5.75 Å². The lowest BCUT2D eigenvalue weighted by molar-refractivity contribution is -0.147. The molecule has 0 amide bonds. The molecular formula is C10H9ClO6. The number of aliphatic hydroxyl groups is 1. The van der Waals surface area contributed by atoms with Crippen molar-refractivity contribution < 1.29 is 29.2 Å². The number of methoxy groups -OCH3 is 1. The van der Waals surface area contributed by atoms with Crippen molar-refractivity contribution in [2.45, 2.75) is 6.10 Å². The summed E-state index contributed by atoms with van der Waals surface area (Å²) in [7, 11) is 1.32. The molecule has 0 aliphatic carbocycles. The van der Waals surface area contributed by atoms with Gasteiger partial charge >= 0.3 is 5.97 Å². The third-order valence-electron chi connectivity index (χ3n) is 2.32. The first-order chi connectivity index (χ1) is 8.06. The fourth-order valence-corrected chi connectivity index (χ4v) is 1.88. The number of carboxylic acid groups (broad SMARTS) is 1. The largest absolute Gasteiger partial charge is 0.495 e. The average Bonchev–Trinajstić information content (AvgIpc) is 2.73. The zero-order chi connectivity index (χ0) is 12.6. The molecule has 17 heavy (non-hydrogen) atoms. The van der Waals surface area contributed by atoms with Crippen LogP contribution in [0.3, 0.4) is 0 Å². The summed E-state index contributed by atoms with van der Waals surface area (Å²) in [5, 5.41) is 18.6. The molecule has 1 unspecified atom stereocenters. The van der Waals surface area contributed by atoms with E-state index in [0.29, 0.717) is 0 Å². The molecule has 1 aliphatic heterocycles. The predicted molar refractivity (Wildman–Crippen MR) is 56.7 cm³/mol. The van der Waals surface area contributed by atoms with E-state index in [1.165, 1.54) is 13.2 Å². The monoisotopic (exact) mass is 260 g/mol. The highest BCUT2D eigenvalue weighted by molar-refractivity contribution is 6.32. The Labute approximate surface area is 101 Å². The standard InChI is InChI=1S/C10H9ClO6/c1-15-8-4(11)2-5-9(17-3-16-5)6(8)7(12)10(13)14/h2,7,12H,3H2,1H3,(H,13,14). The Hall–Kier alpha value is -1.66. The Bertz CT molecular complexity index is 469. The molecule has 2 rings (SSSR count). The van der Waals surface area contributed by atoms with E-state index in [4.69, 9.17) is 30.9 Å². The molecule has 0 fully saturated rings. The Kier molecular flexibility index (Phi) is 2.99. The van der Waals surface area contributed by atoms with Crippen LogP contribution in [0.4, 0.5) is 0 Å². The van der Waals surface area contributed by atoms with Crippen LogP contribution in [0.15, 0.2) is 6.07 Å². The lowest BCUT2D eigenvalue weighted by Crippen LogP contribution is -2.13. The van der Waals surface area contributed by atoms with Crippen LogP contribution in [0.5, 0.6) is 17.2 Å². The highest BCUT2D eigenvalue weighted by atomic mass is 35.5. The van der Waals surface area contributed by atoms with E-state index in [0.717, 1.165) is 0 Å². The Morgan fingerprint density at radius 3 is 2.88 bits per heavy atom. The number of ether oxygens (including phenoxy) is 3. The molecule has 1 aromatic carbocycles. The van der Waals surface area contributed by atoms with Gasteiger partial charge in [0.15, 0.2) is 17.6 Å². The maximum Gasteiger partial charge on any atom is 0.337 e. The van der Waals surface area contributed by atoms with E-state index >= 15 is 0 Å². The lowest BCUT2D eigenvalue weighted by Gasteiger charge is -2.15. The molecule has 1 aromatic rings. The highest BCUT2D eigenvalue weighted by Gasteiger charge is 2.32. The third kappa shape index (κ3) is 1.85. The van der Waals surface area contributed by atoms with Crippen molar-refractivity contribution in [2.75, 3.05) is 13.9 Å². The highest BCUT2D eigenvalue weighted by Crippen LogP contribution is 2.47. The minimum Gasteiger partial charge on any atom is -0.495 e. The maximum absolute atomic E-state index is 10.8. The van der Waals surface area contributed by atoms with Gasteiger partial charge in [-0.3, -0.25) is 0 Å². The van der Waals surface area contributed by atoms with Crippen molar-refractivity contribution in [3.63, 3.8) is 0 Å². The summed E-state index contributed by atoms with van der Waals surface area (Å²) in [5.74, 6) is -0.943. The smallest absolute Gasteiger partial charge is 0.337 e. The van der Waals surface area contributed by atoms with Crippen LogP contribution in [0, 0.1) is 0 Å². The van der Waals surface area contributed by atoms with Gasteiger partial charge in [-0.1, -0.05) is 11.6 Å². The first kappa shape index (κ1) is 11.8. The van der Waals surface area contributed by atoms with Gasteiger partial charge in [0.2, 0.25) is 6.79 Å². The molecule has 0 aromatic heterocycles. The normalized spacial score (nSPS) is 14.5. The number of aliphatic hydroxyl groups excluding tert-OH is 1. The van der Waals surface area contributed by atoms with Crippen LogP contribution in [0.2, 0.25) is 5.02 Å². The van der Waals surface area contributed by atoms with Gasteiger partial charge in [-0.25, -0.2) is 4.79 Å². The second-order valence-corrected chi connectivity index (χ2v) is 3.69. The molecule has 6 nitrogen and oxygen atoms in total. The van der Waals surface area contributed by atoms with Gasteiger partial charge in [0, 0.05) is 6.07 Å². The molecular weight excluding hydrogens is 252 g/mol. The number of fused-ring (bicyclic) bond motifs is 1. The summed E-state index contributed by atoms with van der Waals surface area (Å²) in [6, 6.07) is 1.45. The second kappa shape index (κ2) is 4.31. The zero-order valence-electron chi connectivity index (χ0n) is 8.77. The fourth-order valence-electron chi connectivity index (χ4n) is 1.60. The SMILES string of the molecule is COc1c(Cl)cc2c(c1C(O)C(=O)O)OCO2. The van der Waals surface area contributed by atoms with Crippen molar-refractivity contribution in [3.8, 4) is 17.2 Å². The van der Waals surface area contributed by atoms with Crippen molar-refractivity contribution in [1.29, 1.82) is 0 Å². The van der Waals surface area contributed by atoms with Crippen molar-refractivity contribution in [1.82, 2.24) is 0 Å². The molecule has 1 atom stereocenters. The second-order valence-electron chi connectivity index (χ2n) is 3.28. The number of carboxylic acids is 1. The average molecular weight is 261 g/mol. The lowest BCUT2D eigenvalue weighted by atomic mass is 10.1. The number of halogens is 1. The number of carbonyl (C=O) groups is 1. The molecule has 0 saturated carbocycles. The molecule has 7 heteroatoms. The quantitative estimate of drug-likeness (QED) is 0.849. The fraction of sp³-hybridized carbons (Fsp3) is 0.300. The summed E-state index contributed by atoms with van der Waals surface area (Å²) in [6.45, 7) is -0.0574. The van der Waals surface area contributed by atoms with Gasteiger partial charge in [-0.15, -0.1) is 0 Å². The van der Waals surface area contributed by atoms with E-state index in [2.05, 4.69) is 0 Å². The topological polar surface area (TPSA) is 85.2 Å². The Morgan fingerprint density at radius 1 is 1.59 bits per heavy atom. The molecule has 1 aliphatic rings. The number of aliphatic carboxylic acids is 1. The van der Waals surface area contributed by atoms with Crippen LogP contribution in [0.25, 0.3) is 0 Å². The summed E-state index contributed by atoms with van der Waals surface area (Å²) in [5.41, 5.74) is -0.0417. The van der Waals surface area contributed by atoms with Gasteiger partial charge in [-0.05, 0) is 0 Å². The summed E-state index contributed by atoms with van der Waals surface area (Å²) >= 11 is 5.90. The molecule has 2 N–H and O–H groups in total. The summed E-state index contributed by atoms with van der Waals surface area (Å²) in [4.78, 5) is 10.8. The Balaban J connectivity index is 2.65. The molecule has 0 saturated heterocycles. The van der Waals surface area contributed by atoms with Crippen molar-refractivity contribution >= 4 is 17.6 Å². The van der Waals surface area contributed by atoms with Gasteiger partial charge in [0.25, 0.3) is 0 Å². The molecule has 0 bridgehead atoms. The van der Waals surface area contributed by atoms with E-state index in [-0.39, 0.29) is 34.6 Å². The van der Waals surface area contributed by atoms with E-state index in [9.17, 15) is 9.90 Å². The van der Waals surface area contributed by atoms with E-state index < -0.39 is 12.1 Å². The van der Waals surface area contributed by atoms with Crippen LogP contribution in [-0.2, 0) is 4.79 Å². The van der Waals surface area contributed by atoms with Gasteiger partial charge in [-0.2, -0.15) is 0 Å². The minimum absolute atomic E-state index is 0.0417. The first-order valence-corrected chi connectivity index (χ1v) is 5.01. The summed E-state index contributed by atoms with van der Waals surface area (Å²) < 4.78 is 15.2. The Morgan fingerprint density at radius 2 is 2.29 bits per heavy atom. The molecule has 1 heterocycles. The van der Waals surface area contributed by atoms with Crippen LogP contribution in [0.1, 0.15) is 11.7 Å². The minimum atomic E-state index is -1.79. The number of hydrogen-bond donors (Lipinski definition) is 2. The molecule has 92 valence electrons. The maximum atomic E-state index is 10.8. The van der Waals surface area contributed by atoms with Crippen molar-refractivity contribution in [2.24, 2.45) is 0 Å². The van der Waals surface area contributed by atoms with Crippen LogP contribution >= 0.6 is 11.6 Å². The van der Waals surface area contributed by atoms with Crippen LogP contribution in [-0.4, -0.2) is 30.1 Å². The predicted octanol–water partition coefficient (Wildman–Crippen LogP) is 1.20. The molecule has 0 spiro atoms. The zero-order valence-corrected chi connectivity index (χ0v) is 9.52. The number of benzene rings is 1. The van der Waals surface area contributed by atoms with Gasteiger partial charge < -0.3 is 24.4 Å². The van der Waals surface area contributed by atoms with E-state index in [1.54, 1.807) is 0 Å². The molecule has 0 radical (unpaired) electrons. The third-order valence-corrected chi connectivity index (χ3v) is 2.60.